The molecule has 1 aromatic heterocycles. The zero-order valence-corrected chi connectivity index (χ0v) is 11.9. The maximum Gasteiger partial charge on any atom is 0.322 e. The van der Waals surface area contributed by atoms with Crippen LogP contribution in [-0.4, -0.2) is 18.0 Å². The molecule has 1 atom stereocenters. The maximum atomic E-state index is 13.5. The van der Waals surface area contributed by atoms with Gasteiger partial charge in [-0.3, -0.25) is 0 Å². The Labute approximate surface area is 119 Å². The van der Waals surface area contributed by atoms with Crippen LogP contribution in [0.15, 0.2) is 35.7 Å². The molecule has 1 aromatic carbocycles. The molecule has 1 heterocycles. The van der Waals surface area contributed by atoms with E-state index in [9.17, 15) is 13.6 Å². The van der Waals surface area contributed by atoms with Crippen LogP contribution in [0.4, 0.5) is 19.3 Å². The van der Waals surface area contributed by atoms with Gasteiger partial charge in [0.25, 0.3) is 0 Å². The molecule has 0 radical (unpaired) electrons. The summed E-state index contributed by atoms with van der Waals surface area (Å²) in [5.74, 6) is -1.48. The summed E-state index contributed by atoms with van der Waals surface area (Å²) in [5.41, 5.74) is -0.0402. The first kappa shape index (κ1) is 14.5. The number of benzene rings is 1. The predicted octanol–water partition coefficient (Wildman–Crippen LogP) is 4.25. The number of thiophene rings is 1. The predicted molar refractivity (Wildman–Crippen MR) is 75.9 cm³/mol. The SMILES string of the molecule is C[C@@H](c1cccs1)N(C)C(=O)Nc1ccc(F)cc1F. The van der Waals surface area contributed by atoms with Crippen LogP contribution in [0.25, 0.3) is 0 Å². The van der Waals surface area contributed by atoms with Gasteiger partial charge in [0, 0.05) is 18.0 Å². The Morgan fingerprint density at radius 2 is 2.10 bits per heavy atom. The summed E-state index contributed by atoms with van der Waals surface area (Å²) in [4.78, 5) is 14.5. The van der Waals surface area contributed by atoms with Crippen LogP contribution < -0.4 is 5.32 Å². The van der Waals surface area contributed by atoms with E-state index in [1.54, 1.807) is 18.4 Å². The van der Waals surface area contributed by atoms with Gasteiger partial charge in [-0.2, -0.15) is 0 Å². The molecule has 20 heavy (non-hydrogen) atoms. The average molecular weight is 296 g/mol. The molecule has 2 amide bonds. The molecule has 2 rings (SSSR count). The van der Waals surface area contributed by atoms with Crippen LogP contribution >= 0.6 is 11.3 Å². The average Bonchev–Trinajstić information content (AvgIpc) is 2.94. The highest BCUT2D eigenvalue weighted by molar-refractivity contribution is 7.10. The molecule has 1 N–H and O–H groups in total. The number of halogens is 2. The third-order valence-corrected chi connectivity index (χ3v) is 4.07. The zero-order chi connectivity index (χ0) is 14.7. The number of hydrogen-bond acceptors (Lipinski definition) is 2. The van der Waals surface area contributed by atoms with Crippen LogP contribution in [0.1, 0.15) is 17.8 Å². The van der Waals surface area contributed by atoms with Crippen LogP contribution in [0, 0.1) is 11.6 Å². The van der Waals surface area contributed by atoms with Crippen molar-refractivity contribution in [2.45, 2.75) is 13.0 Å². The molecule has 0 fully saturated rings. The van der Waals surface area contributed by atoms with Gasteiger partial charge in [-0.25, -0.2) is 13.6 Å². The van der Waals surface area contributed by atoms with Gasteiger partial charge in [-0.05, 0) is 30.5 Å². The zero-order valence-electron chi connectivity index (χ0n) is 11.1. The maximum absolute atomic E-state index is 13.5. The van der Waals surface area contributed by atoms with E-state index in [2.05, 4.69) is 5.32 Å². The lowest BCUT2D eigenvalue weighted by molar-refractivity contribution is 0.209. The number of nitrogens with one attached hydrogen (secondary N) is 1. The monoisotopic (exact) mass is 296 g/mol. The van der Waals surface area contributed by atoms with E-state index in [0.29, 0.717) is 0 Å². The van der Waals surface area contributed by atoms with Gasteiger partial charge in [0.15, 0.2) is 0 Å². The number of urea groups is 1. The van der Waals surface area contributed by atoms with Crippen molar-refractivity contribution in [3.8, 4) is 0 Å². The second-order valence-electron chi connectivity index (χ2n) is 4.36. The van der Waals surface area contributed by atoms with Crippen LogP contribution in [0.2, 0.25) is 0 Å². The van der Waals surface area contributed by atoms with E-state index in [1.165, 1.54) is 11.0 Å². The van der Waals surface area contributed by atoms with Crippen LogP contribution in [-0.2, 0) is 0 Å². The Balaban J connectivity index is 2.08. The lowest BCUT2D eigenvalue weighted by Gasteiger charge is -2.24. The topological polar surface area (TPSA) is 32.3 Å². The quantitative estimate of drug-likeness (QED) is 0.902. The molecular formula is C14H14F2N2OS. The molecule has 2 aromatic rings. The number of amides is 2. The molecule has 0 aliphatic heterocycles. The van der Waals surface area contributed by atoms with Crippen molar-refractivity contribution in [1.82, 2.24) is 4.90 Å². The number of nitrogens with zero attached hydrogens (tertiary/aromatic N) is 1. The Bertz CT molecular complexity index is 601. The summed E-state index contributed by atoms with van der Waals surface area (Å²) in [6.07, 6.45) is 0. The van der Waals surface area contributed by atoms with Gasteiger partial charge in [0.05, 0.1) is 11.7 Å². The number of carbonyl (C=O) groups excluding carboxylic acids is 1. The summed E-state index contributed by atoms with van der Waals surface area (Å²) < 4.78 is 26.3. The second-order valence-corrected chi connectivity index (χ2v) is 5.34. The highest BCUT2D eigenvalue weighted by Crippen LogP contribution is 2.24. The second kappa shape index (κ2) is 6.00. The van der Waals surface area contributed by atoms with Crippen molar-refractivity contribution in [2.75, 3.05) is 12.4 Å². The van der Waals surface area contributed by atoms with E-state index in [0.717, 1.165) is 17.0 Å². The minimum Gasteiger partial charge on any atom is -0.320 e. The normalized spacial score (nSPS) is 12.0. The van der Waals surface area contributed by atoms with Crippen LogP contribution in [0.5, 0.6) is 0 Å². The fraction of sp³-hybridized carbons (Fsp3) is 0.214. The summed E-state index contributed by atoms with van der Waals surface area (Å²) in [5, 5.41) is 4.36. The molecule has 0 spiro atoms. The number of anilines is 1. The minimum absolute atomic E-state index is 0.0402. The Kier molecular flexibility index (Phi) is 4.34. The summed E-state index contributed by atoms with van der Waals surface area (Å²) in [6, 6.07) is 6.29. The first-order chi connectivity index (χ1) is 9.49. The molecule has 106 valence electrons. The Morgan fingerprint density at radius 3 is 2.70 bits per heavy atom. The lowest BCUT2D eigenvalue weighted by Crippen LogP contribution is -2.33. The summed E-state index contributed by atoms with van der Waals surface area (Å²) >= 11 is 1.54. The summed E-state index contributed by atoms with van der Waals surface area (Å²) in [7, 11) is 1.63. The fourth-order valence-corrected chi connectivity index (χ4v) is 2.52. The van der Waals surface area contributed by atoms with Gasteiger partial charge in [0.1, 0.15) is 11.6 Å². The smallest absolute Gasteiger partial charge is 0.320 e. The van der Waals surface area contributed by atoms with Crippen molar-refractivity contribution in [3.63, 3.8) is 0 Å². The minimum atomic E-state index is -0.796. The summed E-state index contributed by atoms with van der Waals surface area (Å²) in [6.45, 7) is 1.88. The van der Waals surface area contributed by atoms with Crippen molar-refractivity contribution < 1.29 is 13.6 Å². The Hall–Kier alpha value is -1.95. The van der Waals surface area contributed by atoms with Gasteiger partial charge < -0.3 is 10.2 Å². The van der Waals surface area contributed by atoms with Gasteiger partial charge in [0.2, 0.25) is 0 Å². The molecular weight excluding hydrogens is 282 g/mol. The van der Waals surface area contributed by atoms with Crippen molar-refractivity contribution >= 4 is 23.1 Å². The van der Waals surface area contributed by atoms with E-state index in [-0.39, 0.29) is 11.7 Å². The third kappa shape index (κ3) is 3.14. The lowest BCUT2D eigenvalue weighted by atomic mass is 10.2. The van der Waals surface area contributed by atoms with Crippen LogP contribution in [0.3, 0.4) is 0 Å². The van der Waals surface area contributed by atoms with Gasteiger partial charge >= 0.3 is 6.03 Å². The molecule has 0 unspecified atom stereocenters. The largest absolute Gasteiger partial charge is 0.322 e. The van der Waals surface area contributed by atoms with E-state index in [1.807, 2.05) is 24.4 Å². The molecule has 0 aliphatic rings. The van der Waals surface area contributed by atoms with Crippen molar-refractivity contribution in [1.29, 1.82) is 0 Å². The molecule has 3 nitrogen and oxygen atoms in total. The van der Waals surface area contributed by atoms with Crippen molar-refractivity contribution in [3.05, 3.63) is 52.2 Å². The van der Waals surface area contributed by atoms with E-state index >= 15 is 0 Å². The highest BCUT2D eigenvalue weighted by Gasteiger charge is 2.19. The number of rotatable bonds is 3. The first-order valence-electron chi connectivity index (χ1n) is 6.01. The molecule has 0 bridgehead atoms. The van der Waals surface area contributed by atoms with E-state index in [4.69, 9.17) is 0 Å². The van der Waals surface area contributed by atoms with Crippen molar-refractivity contribution in [2.24, 2.45) is 0 Å². The standard InChI is InChI=1S/C14H14F2N2OS/c1-9(13-4-3-7-20-13)18(2)14(19)17-12-6-5-10(15)8-11(12)16/h3-9H,1-2H3,(H,17,19)/t9-/m0/s1. The first-order valence-corrected chi connectivity index (χ1v) is 6.89. The molecule has 0 saturated heterocycles. The van der Waals surface area contributed by atoms with Gasteiger partial charge in [-0.1, -0.05) is 6.07 Å². The molecule has 6 heteroatoms. The Morgan fingerprint density at radius 1 is 1.35 bits per heavy atom. The van der Waals surface area contributed by atoms with E-state index < -0.39 is 17.7 Å². The molecule has 0 aliphatic carbocycles. The third-order valence-electron chi connectivity index (χ3n) is 3.03. The fourth-order valence-electron chi connectivity index (χ4n) is 1.69. The number of carbonyl (C=O) groups is 1. The van der Waals surface area contributed by atoms with Gasteiger partial charge in [-0.15, -0.1) is 11.3 Å². The number of hydrogen-bond donors (Lipinski definition) is 1. The highest BCUT2D eigenvalue weighted by atomic mass is 32.1. The molecule has 0 saturated carbocycles.